The van der Waals surface area contributed by atoms with Gasteiger partial charge >= 0.3 is 0 Å². The number of hydrogen-bond acceptors (Lipinski definition) is 5. The molecule has 1 aliphatic rings. The van der Waals surface area contributed by atoms with E-state index in [0.29, 0.717) is 29.4 Å². The summed E-state index contributed by atoms with van der Waals surface area (Å²) in [6.07, 6.45) is 3.40. The monoisotopic (exact) mass is 293 g/mol. The van der Waals surface area contributed by atoms with Crippen molar-refractivity contribution in [1.29, 1.82) is 0 Å². The van der Waals surface area contributed by atoms with E-state index < -0.39 is 0 Å². The molecule has 2 rings (SSSR count). The lowest BCUT2D eigenvalue weighted by Crippen LogP contribution is -2.44. The van der Waals surface area contributed by atoms with Gasteiger partial charge in [0.25, 0.3) is 0 Å². The average molecular weight is 293 g/mol. The number of amides is 1. The minimum Gasteiger partial charge on any atom is -0.506 e. The van der Waals surface area contributed by atoms with E-state index in [1.807, 2.05) is 4.90 Å². The fraction of sp³-hybridized carbons (Fsp3) is 0.600. The Morgan fingerprint density at radius 1 is 1.48 bits per heavy atom. The third kappa shape index (κ3) is 3.71. The molecule has 1 saturated heterocycles. The van der Waals surface area contributed by atoms with Crippen molar-refractivity contribution in [1.82, 2.24) is 15.2 Å². The van der Waals surface area contributed by atoms with Crippen molar-refractivity contribution in [3.8, 4) is 5.75 Å². The largest absolute Gasteiger partial charge is 0.506 e. The SMILES string of the molecule is CC(=O)N1CCC(NCc2c(CO)cnc(C)c2O)CC1. The van der Waals surface area contributed by atoms with E-state index in [1.54, 1.807) is 20.0 Å². The van der Waals surface area contributed by atoms with Crippen molar-refractivity contribution in [2.45, 2.75) is 45.9 Å². The predicted molar refractivity (Wildman–Crippen MR) is 78.7 cm³/mol. The molecule has 116 valence electrons. The molecule has 2 heterocycles. The molecule has 0 saturated carbocycles. The number of aromatic nitrogens is 1. The molecular weight excluding hydrogens is 270 g/mol. The van der Waals surface area contributed by atoms with E-state index in [9.17, 15) is 15.0 Å². The molecule has 1 fully saturated rings. The Morgan fingerprint density at radius 3 is 2.71 bits per heavy atom. The van der Waals surface area contributed by atoms with Crippen LogP contribution < -0.4 is 5.32 Å². The summed E-state index contributed by atoms with van der Waals surface area (Å²) >= 11 is 0. The first-order chi connectivity index (χ1) is 10.0. The maximum atomic E-state index is 11.3. The zero-order valence-corrected chi connectivity index (χ0v) is 12.6. The molecule has 0 atom stereocenters. The second kappa shape index (κ2) is 6.87. The minimum absolute atomic E-state index is 0.124. The number of aliphatic hydroxyl groups excluding tert-OH is 1. The predicted octanol–water partition coefficient (Wildman–Crippen LogP) is 0.688. The van der Waals surface area contributed by atoms with Crippen LogP contribution in [-0.4, -0.2) is 45.1 Å². The number of nitrogens with one attached hydrogen (secondary N) is 1. The van der Waals surface area contributed by atoms with Crippen molar-refractivity contribution >= 4 is 5.91 Å². The number of hydrogen-bond donors (Lipinski definition) is 3. The lowest BCUT2D eigenvalue weighted by atomic mass is 10.0. The zero-order valence-electron chi connectivity index (χ0n) is 12.6. The number of pyridine rings is 1. The smallest absolute Gasteiger partial charge is 0.219 e. The molecule has 0 aliphatic carbocycles. The van der Waals surface area contributed by atoms with Crippen LogP contribution in [0.15, 0.2) is 6.20 Å². The summed E-state index contributed by atoms with van der Waals surface area (Å²) in [4.78, 5) is 17.2. The van der Waals surface area contributed by atoms with Gasteiger partial charge in [-0.15, -0.1) is 0 Å². The van der Waals surface area contributed by atoms with Crippen LogP contribution >= 0.6 is 0 Å². The second-order valence-corrected chi connectivity index (χ2v) is 5.52. The molecular formula is C15H23N3O3. The molecule has 0 spiro atoms. The van der Waals surface area contributed by atoms with Crippen molar-refractivity contribution in [2.24, 2.45) is 0 Å². The Balaban J connectivity index is 1.95. The van der Waals surface area contributed by atoms with Crippen LogP contribution in [0.1, 0.15) is 36.6 Å². The van der Waals surface area contributed by atoms with Crippen LogP contribution in [0.3, 0.4) is 0 Å². The number of rotatable bonds is 4. The Morgan fingerprint density at radius 2 is 2.14 bits per heavy atom. The standard InChI is InChI=1S/C15H23N3O3/c1-10-15(21)14(12(9-19)7-16-10)8-17-13-3-5-18(6-4-13)11(2)20/h7,13,17,19,21H,3-6,8-9H2,1-2H3. The second-order valence-electron chi connectivity index (χ2n) is 5.52. The van der Waals surface area contributed by atoms with Crippen molar-refractivity contribution in [3.63, 3.8) is 0 Å². The number of piperidine rings is 1. The van der Waals surface area contributed by atoms with Crippen molar-refractivity contribution in [2.75, 3.05) is 13.1 Å². The normalized spacial score (nSPS) is 16.2. The van der Waals surface area contributed by atoms with Crippen LogP contribution in [0.2, 0.25) is 0 Å². The molecule has 1 amide bonds. The van der Waals surface area contributed by atoms with Gasteiger partial charge in [0.1, 0.15) is 5.75 Å². The summed E-state index contributed by atoms with van der Waals surface area (Å²) < 4.78 is 0. The highest BCUT2D eigenvalue weighted by molar-refractivity contribution is 5.73. The fourth-order valence-corrected chi connectivity index (χ4v) is 2.66. The first-order valence-corrected chi connectivity index (χ1v) is 7.29. The summed E-state index contributed by atoms with van der Waals surface area (Å²) in [5, 5.41) is 22.8. The van der Waals surface area contributed by atoms with Gasteiger partial charge in [-0.2, -0.15) is 0 Å². The molecule has 21 heavy (non-hydrogen) atoms. The number of aliphatic hydroxyl groups is 1. The van der Waals surface area contributed by atoms with E-state index in [1.165, 1.54) is 0 Å². The maximum absolute atomic E-state index is 11.3. The first-order valence-electron chi connectivity index (χ1n) is 7.29. The molecule has 0 unspecified atom stereocenters. The molecule has 1 aromatic heterocycles. The quantitative estimate of drug-likeness (QED) is 0.760. The molecule has 0 bridgehead atoms. The van der Waals surface area contributed by atoms with Crippen LogP contribution in [0, 0.1) is 6.92 Å². The van der Waals surface area contributed by atoms with Gasteiger partial charge in [-0.3, -0.25) is 9.78 Å². The Kier molecular flexibility index (Phi) is 5.14. The molecule has 6 heteroatoms. The van der Waals surface area contributed by atoms with E-state index >= 15 is 0 Å². The van der Waals surface area contributed by atoms with Crippen molar-refractivity contribution in [3.05, 3.63) is 23.0 Å². The minimum atomic E-state index is -0.138. The highest BCUT2D eigenvalue weighted by Gasteiger charge is 2.21. The lowest BCUT2D eigenvalue weighted by Gasteiger charge is -2.32. The van der Waals surface area contributed by atoms with Gasteiger partial charge in [-0.25, -0.2) is 0 Å². The third-order valence-electron chi connectivity index (χ3n) is 4.11. The molecule has 6 nitrogen and oxygen atoms in total. The molecule has 3 N–H and O–H groups in total. The van der Waals surface area contributed by atoms with Gasteiger partial charge in [-0.05, 0) is 19.8 Å². The van der Waals surface area contributed by atoms with Crippen LogP contribution in [0.25, 0.3) is 0 Å². The summed E-state index contributed by atoms with van der Waals surface area (Å²) in [5.41, 5.74) is 1.92. The van der Waals surface area contributed by atoms with Crippen molar-refractivity contribution < 1.29 is 15.0 Å². The van der Waals surface area contributed by atoms with E-state index in [4.69, 9.17) is 0 Å². The van der Waals surface area contributed by atoms with Crippen LogP contribution in [0.5, 0.6) is 5.75 Å². The van der Waals surface area contributed by atoms with Crippen LogP contribution in [-0.2, 0) is 17.9 Å². The van der Waals surface area contributed by atoms with E-state index in [2.05, 4.69) is 10.3 Å². The first kappa shape index (κ1) is 15.7. The van der Waals surface area contributed by atoms with E-state index in [0.717, 1.165) is 25.9 Å². The summed E-state index contributed by atoms with van der Waals surface area (Å²) in [6.45, 7) is 5.23. The fourth-order valence-electron chi connectivity index (χ4n) is 2.66. The Labute approximate surface area is 124 Å². The Hall–Kier alpha value is -1.66. The summed E-state index contributed by atoms with van der Waals surface area (Å²) in [6, 6.07) is 0.319. The number of carbonyl (C=O) groups is 1. The van der Waals surface area contributed by atoms with Gasteiger partial charge in [0.05, 0.1) is 12.3 Å². The highest BCUT2D eigenvalue weighted by atomic mass is 16.3. The van der Waals surface area contributed by atoms with Gasteiger partial charge in [0.15, 0.2) is 0 Å². The molecule has 0 aromatic carbocycles. The summed E-state index contributed by atoms with van der Waals surface area (Å²) in [5.74, 6) is 0.272. The average Bonchev–Trinajstić information content (AvgIpc) is 2.49. The number of aromatic hydroxyl groups is 1. The number of likely N-dealkylation sites (tertiary alicyclic amines) is 1. The number of carbonyl (C=O) groups excluding carboxylic acids is 1. The third-order valence-corrected chi connectivity index (χ3v) is 4.11. The maximum Gasteiger partial charge on any atom is 0.219 e. The number of nitrogens with zero attached hydrogens (tertiary/aromatic N) is 2. The lowest BCUT2D eigenvalue weighted by molar-refractivity contribution is -0.129. The summed E-state index contributed by atoms with van der Waals surface area (Å²) in [7, 11) is 0. The highest BCUT2D eigenvalue weighted by Crippen LogP contribution is 2.24. The zero-order chi connectivity index (χ0) is 15.4. The van der Waals surface area contributed by atoms with Gasteiger partial charge < -0.3 is 20.4 Å². The Bertz CT molecular complexity index is 511. The van der Waals surface area contributed by atoms with Gasteiger partial charge in [-0.1, -0.05) is 0 Å². The molecule has 1 aromatic rings. The van der Waals surface area contributed by atoms with Crippen LogP contribution in [0.4, 0.5) is 0 Å². The number of aryl methyl sites for hydroxylation is 1. The molecule has 1 aliphatic heterocycles. The van der Waals surface area contributed by atoms with Gasteiger partial charge in [0, 0.05) is 49.9 Å². The molecule has 0 radical (unpaired) electrons. The van der Waals surface area contributed by atoms with E-state index in [-0.39, 0.29) is 18.3 Å². The van der Waals surface area contributed by atoms with Gasteiger partial charge in [0.2, 0.25) is 5.91 Å². The topological polar surface area (TPSA) is 85.7 Å².